The van der Waals surface area contributed by atoms with Crippen LogP contribution in [-0.2, 0) is 14.8 Å². The third-order valence-corrected chi connectivity index (χ3v) is 5.43. The first-order valence-corrected chi connectivity index (χ1v) is 9.35. The van der Waals surface area contributed by atoms with Crippen molar-refractivity contribution in [3.63, 3.8) is 0 Å². The topological polar surface area (TPSA) is 83.6 Å². The van der Waals surface area contributed by atoms with Crippen molar-refractivity contribution in [2.75, 3.05) is 18.4 Å². The molecule has 2 rings (SSSR count). The predicted molar refractivity (Wildman–Crippen MR) is 100 cm³/mol. The zero-order chi connectivity index (χ0) is 19.2. The van der Waals surface area contributed by atoms with E-state index < -0.39 is 15.9 Å². The van der Waals surface area contributed by atoms with Crippen LogP contribution in [-0.4, -0.2) is 37.5 Å². The number of rotatable bonds is 8. The number of carbonyl (C=O) groups excluding carboxylic acids is 2. The Hall–Kier alpha value is -2.77. The highest BCUT2D eigenvalue weighted by molar-refractivity contribution is 7.89. The van der Waals surface area contributed by atoms with Gasteiger partial charge in [-0.1, -0.05) is 36.4 Å². The molecular formula is C19H20N2O4S. The molecule has 136 valence electrons. The molecule has 2 aromatic carbocycles. The summed E-state index contributed by atoms with van der Waals surface area (Å²) < 4.78 is 26.6. The van der Waals surface area contributed by atoms with Gasteiger partial charge in [-0.15, -0.1) is 6.58 Å². The van der Waals surface area contributed by atoms with Gasteiger partial charge in [-0.05, 0) is 31.2 Å². The Labute approximate surface area is 153 Å². The fraction of sp³-hybridized carbons (Fsp3) is 0.158. The predicted octanol–water partition coefficient (Wildman–Crippen LogP) is 2.70. The summed E-state index contributed by atoms with van der Waals surface area (Å²) in [5, 5.41) is 2.65. The van der Waals surface area contributed by atoms with Crippen molar-refractivity contribution >= 4 is 27.4 Å². The average Bonchev–Trinajstić information content (AvgIpc) is 2.62. The highest BCUT2D eigenvalue weighted by Gasteiger charge is 2.25. The number of Topliss-reactive ketones (excluding diaryl/α,β-unsaturated/α-hetero) is 1. The number of nitrogens with zero attached hydrogens (tertiary/aromatic N) is 1. The largest absolute Gasteiger partial charge is 0.325 e. The van der Waals surface area contributed by atoms with Crippen molar-refractivity contribution in [1.29, 1.82) is 0 Å². The lowest BCUT2D eigenvalue weighted by molar-refractivity contribution is -0.116. The minimum absolute atomic E-state index is 0.0110. The highest BCUT2D eigenvalue weighted by atomic mass is 32.2. The van der Waals surface area contributed by atoms with Crippen LogP contribution in [0.3, 0.4) is 0 Å². The average molecular weight is 372 g/mol. The number of hydrogen-bond acceptors (Lipinski definition) is 4. The molecule has 0 unspecified atom stereocenters. The normalized spacial score (nSPS) is 11.2. The fourth-order valence-corrected chi connectivity index (χ4v) is 3.65. The molecule has 1 N–H and O–H groups in total. The minimum atomic E-state index is -3.90. The van der Waals surface area contributed by atoms with Crippen molar-refractivity contribution < 1.29 is 18.0 Å². The zero-order valence-corrected chi connectivity index (χ0v) is 15.2. The molecule has 0 spiro atoms. The number of hydrogen-bond donors (Lipinski definition) is 1. The lowest BCUT2D eigenvalue weighted by atomic mass is 10.2. The van der Waals surface area contributed by atoms with Crippen molar-refractivity contribution in [2.24, 2.45) is 0 Å². The third-order valence-electron chi connectivity index (χ3n) is 3.61. The van der Waals surface area contributed by atoms with E-state index in [4.69, 9.17) is 0 Å². The fourth-order valence-electron chi connectivity index (χ4n) is 2.28. The van der Waals surface area contributed by atoms with Gasteiger partial charge in [0, 0.05) is 17.8 Å². The summed E-state index contributed by atoms with van der Waals surface area (Å²) in [6, 6.07) is 14.4. The number of nitrogens with one attached hydrogen (secondary N) is 1. The number of benzene rings is 2. The van der Waals surface area contributed by atoms with Gasteiger partial charge < -0.3 is 5.32 Å². The molecule has 0 heterocycles. The number of ketones is 1. The quantitative estimate of drug-likeness (QED) is 0.570. The molecule has 0 radical (unpaired) electrons. The molecule has 0 aliphatic rings. The van der Waals surface area contributed by atoms with Gasteiger partial charge in [-0.2, -0.15) is 4.31 Å². The van der Waals surface area contributed by atoms with Gasteiger partial charge in [-0.25, -0.2) is 8.42 Å². The summed E-state index contributed by atoms with van der Waals surface area (Å²) in [4.78, 5) is 23.6. The molecule has 1 amide bonds. The standard InChI is InChI=1S/C19H20N2O4S/c1-3-13-21(14-19(23)20-17-7-5-4-6-8-17)26(24,25)18-11-9-16(10-12-18)15(2)22/h3-12H,1,13-14H2,2H3,(H,20,23). The Bertz CT molecular complexity index is 891. The van der Waals surface area contributed by atoms with Crippen molar-refractivity contribution in [2.45, 2.75) is 11.8 Å². The molecule has 0 aliphatic heterocycles. The summed E-state index contributed by atoms with van der Waals surface area (Å²) in [5.74, 6) is -0.610. The molecule has 0 atom stereocenters. The molecular weight excluding hydrogens is 352 g/mol. The second-order valence-electron chi connectivity index (χ2n) is 5.58. The maximum atomic E-state index is 12.8. The first-order chi connectivity index (χ1) is 12.3. The van der Waals surface area contributed by atoms with Gasteiger partial charge in [0.25, 0.3) is 0 Å². The molecule has 0 fully saturated rings. The molecule has 0 saturated heterocycles. The van der Waals surface area contributed by atoms with E-state index in [1.54, 1.807) is 24.3 Å². The van der Waals surface area contributed by atoms with Crippen LogP contribution < -0.4 is 5.32 Å². The SMILES string of the molecule is C=CCN(CC(=O)Nc1ccccc1)S(=O)(=O)c1ccc(C(C)=O)cc1. The Morgan fingerprint density at radius 1 is 1.08 bits per heavy atom. The van der Waals surface area contributed by atoms with E-state index in [2.05, 4.69) is 11.9 Å². The van der Waals surface area contributed by atoms with Gasteiger partial charge in [0.15, 0.2) is 5.78 Å². The van der Waals surface area contributed by atoms with Gasteiger partial charge in [0.05, 0.1) is 11.4 Å². The second-order valence-corrected chi connectivity index (χ2v) is 7.52. The molecule has 6 nitrogen and oxygen atoms in total. The lowest BCUT2D eigenvalue weighted by Crippen LogP contribution is -2.38. The van der Waals surface area contributed by atoms with Gasteiger partial charge in [0.1, 0.15) is 0 Å². The Balaban J connectivity index is 2.19. The molecule has 0 aromatic heterocycles. The molecule has 7 heteroatoms. The Kier molecular flexibility index (Phi) is 6.43. The monoisotopic (exact) mass is 372 g/mol. The van der Waals surface area contributed by atoms with Crippen molar-refractivity contribution in [1.82, 2.24) is 4.31 Å². The molecule has 2 aromatic rings. The number of para-hydroxylation sites is 1. The summed E-state index contributed by atoms with van der Waals surface area (Å²) in [6.45, 7) is 4.59. The molecule has 0 aliphatic carbocycles. The van der Waals surface area contributed by atoms with Crippen LogP contribution in [0.25, 0.3) is 0 Å². The number of anilines is 1. The van der Waals surface area contributed by atoms with Crippen molar-refractivity contribution in [3.05, 3.63) is 72.8 Å². The third kappa shape index (κ3) is 4.87. The van der Waals surface area contributed by atoms with Crippen LogP contribution >= 0.6 is 0 Å². The van der Waals surface area contributed by atoms with Crippen LogP contribution in [0.2, 0.25) is 0 Å². The summed E-state index contributed by atoms with van der Waals surface area (Å²) in [7, 11) is -3.90. The van der Waals surface area contributed by atoms with E-state index in [0.29, 0.717) is 11.3 Å². The number of amides is 1. The van der Waals surface area contributed by atoms with E-state index >= 15 is 0 Å². The number of sulfonamides is 1. The summed E-state index contributed by atoms with van der Waals surface area (Å²) in [5.41, 5.74) is 1.00. The Morgan fingerprint density at radius 2 is 1.69 bits per heavy atom. The van der Waals surface area contributed by atoms with E-state index in [1.807, 2.05) is 6.07 Å². The van der Waals surface area contributed by atoms with Crippen molar-refractivity contribution in [3.8, 4) is 0 Å². The maximum Gasteiger partial charge on any atom is 0.243 e. The zero-order valence-electron chi connectivity index (χ0n) is 14.4. The maximum absolute atomic E-state index is 12.8. The summed E-state index contributed by atoms with van der Waals surface area (Å²) >= 11 is 0. The summed E-state index contributed by atoms with van der Waals surface area (Å²) in [6.07, 6.45) is 1.41. The van der Waals surface area contributed by atoms with Crippen LogP contribution in [0, 0.1) is 0 Å². The van der Waals surface area contributed by atoms with E-state index in [9.17, 15) is 18.0 Å². The smallest absolute Gasteiger partial charge is 0.243 e. The van der Waals surface area contributed by atoms with E-state index in [-0.39, 0.29) is 23.8 Å². The van der Waals surface area contributed by atoms with Gasteiger partial charge in [0.2, 0.25) is 15.9 Å². The van der Waals surface area contributed by atoms with Crippen LogP contribution in [0.1, 0.15) is 17.3 Å². The van der Waals surface area contributed by atoms with Crippen LogP contribution in [0.5, 0.6) is 0 Å². The van der Waals surface area contributed by atoms with E-state index in [0.717, 1.165) is 4.31 Å². The van der Waals surface area contributed by atoms with Gasteiger partial charge >= 0.3 is 0 Å². The number of carbonyl (C=O) groups is 2. The van der Waals surface area contributed by atoms with E-state index in [1.165, 1.54) is 37.3 Å². The van der Waals surface area contributed by atoms with Crippen LogP contribution in [0.15, 0.2) is 72.1 Å². The first kappa shape index (κ1) is 19.6. The molecule has 0 saturated carbocycles. The van der Waals surface area contributed by atoms with Crippen LogP contribution in [0.4, 0.5) is 5.69 Å². The Morgan fingerprint density at radius 3 is 2.23 bits per heavy atom. The molecule has 0 bridgehead atoms. The second kappa shape index (κ2) is 8.55. The minimum Gasteiger partial charge on any atom is -0.325 e. The first-order valence-electron chi connectivity index (χ1n) is 7.91. The molecule has 26 heavy (non-hydrogen) atoms. The van der Waals surface area contributed by atoms with Gasteiger partial charge in [-0.3, -0.25) is 9.59 Å². The highest BCUT2D eigenvalue weighted by Crippen LogP contribution is 2.17. The lowest BCUT2D eigenvalue weighted by Gasteiger charge is -2.20.